The summed E-state index contributed by atoms with van der Waals surface area (Å²) in [5, 5.41) is 1.07. The zero-order valence-corrected chi connectivity index (χ0v) is 9.54. The minimum Gasteiger partial charge on any atom is -0.483 e. The van der Waals surface area contributed by atoms with Crippen LogP contribution in [0.3, 0.4) is 0 Å². The van der Waals surface area contributed by atoms with E-state index in [1.807, 2.05) is 0 Å². The maximum atomic E-state index is 5.93. The zero-order valence-electron chi connectivity index (χ0n) is 9.54. The molecular formula is C13H15NO2. The molecule has 0 saturated carbocycles. The SMILES string of the molecule is CC1(C)Cc2ccc3c(CN)coc3c2O1. The van der Waals surface area contributed by atoms with Crippen LogP contribution in [0.25, 0.3) is 11.0 Å². The number of furan rings is 1. The van der Waals surface area contributed by atoms with Gasteiger partial charge in [0, 0.05) is 29.5 Å². The van der Waals surface area contributed by atoms with Gasteiger partial charge in [0.25, 0.3) is 0 Å². The Balaban J connectivity index is 2.24. The van der Waals surface area contributed by atoms with Crippen molar-refractivity contribution in [2.75, 3.05) is 0 Å². The van der Waals surface area contributed by atoms with Crippen LogP contribution in [0.2, 0.25) is 0 Å². The number of nitrogens with two attached hydrogens (primary N) is 1. The summed E-state index contributed by atoms with van der Waals surface area (Å²) < 4.78 is 11.5. The summed E-state index contributed by atoms with van der Waals surface area (Å²) in [6, 6.07) is 4.19. The highest BCUT2D eigenvalue weighted by Gasteiger charge is 2.32. The summed E-state index contributed by atoms with van der Waals surface area (Å²) in [5.74, 6) is 0.891. The van der Waals surface area contributed by atoms with E-state index in [1.165, 1.54) is 5.56 Å². The lowest BCUT2D eigenvalue weighted by atomic mass is 10.0. The monoisotopic (exact) mass is 217 g/mol. The van der Waals surface area contributed by atoms with E-state index in [0.29, 0.717) is 6.54 Å². The molecule has 2 N–H and O–H groups in total. The van der Waals surface area contributed by atoms with Crippen molar-refractivity contribution >= 4 is 11.0 Å². The Morgan fingerprint density at radius 2 is 2.19 bits per heavy atom. The lowest BCUT2D eigenvalue weighted by Crippen LogP contribution is -2.24. The number of fused-ring (bicyclic) bond motifs is 3. The maximum absolute atomic E-state index is 5.93. The molecule has 1 aliphatic heterocycles. The van der Waals surface area contributed by atoms with Crippen molar-refractivity contribution in [1.82, 2.24) is 0 Å². The lowest BCUT2D eigenvalue weighted by Gasteiger charge is -2.16. The van der Waals surface area contributed by atoms with Crippen molar-refractivity contribution in [1.29, 1.82) is 0 Å². The number of hydrogen-bond acceptors (Lipinski definition) is 3. The quantitative estimate of drug-likeness (QED) is 0.798. The fraction of sp³-hybridized carbons (Fsp3) is 0.385. The smallest absolute Gasteiger partial charge is 0.176 e. The van der Waals surface area contributed by atoms with E-state index < -0.39 is 0 Å². The number of hydrogen-bond donors (Lipinski definition) is 1. The van der Waals surface area contributed by atoms with E-state index in [1.54, 1.807) is 6.26 Å². The second-order valence-corrected chi connectivity index (χ2v) is 4.93. The minimum absolute atomic E-state index is 0.133. The predicted octanol–water partition coefficient (Wildman–Crippen LogP) is 2.61. The van der Waals surface area contributed by atoms with E-state index in [4.69, 9.17) is 14.9 Å². The second-order valence-electron chi connectivity index (χ2n) is 4.93. The predicted molar refractivity (Wildman–Crippen MR) is 62.5 cm³/mol. The molecule has 1 aromatic carbocycles. The molecule has 3 heteroatoms. The van der Waals surface area contributed by atoms with Crippen LogP contribution >= 0.6 is 0 Å². The Morgan fingerprint density at radius 3 is 2.94 bits per heavy atom. The Bertz CT molecular complexity index is 554. The molecule has 84 valence electrons. The highest BCUT2D eigenvalue weighted by atomic mass is 16.5. The molecule has 1 aromatic heterocycles. The molecule has 0 amide bonds. The molecule has 0 bridgehead atoms. The first-order chi connectivity index (χ1) is 7.61. The van der Waals surface area contributed by atoms with Crippen molar-refractivity contribution in [3.8, 4) is 5.75 Å². The summed E-state index contributed by atoms with van der Waals surface area (Å²) >= 11 is 0. The second kappa shape index (κ2) is 3.01. The van der Waals surface area contributed by atoms with Gasteiger partial charge in [-0.2, -0.15) is 0 Å². The first-order valence-electron chi connectivity index (χ1n) is 5.52. The molecule has 3 nitrogen and oxygen atoms in total. The van der Waals surface area contributed by atoms with E-state index in [2.05, 4.69) is 26.0 Å². The Labute approximate surface area is 94.2 Å². The van der Waals surface area contributed by atoms with Crippen LogP contribution in [0.4, 0.5) is 0 Å². The standard InChI is InChI=1S/C13H15NO2/c1-13(2)5-8-3-4-10-9(6-14)7-15-12(10)11(8)16-13/h3-4,7H,5-6,14H2,1-2H3. The molecule has 1 aliphatic rings. The van der Waals surface area contributed by atoms with Crippen molar-refractivity contribution in [2.45, 2.75) is 32.4 Å². The van der Waals surface area contributed by atoms with Crippen molar-refractivity contribution in [2.24, 2.45) is 5.73 Å². The number of ether oxygens (including phenoxy) is 1. The highest BCUT2D eigenvalue weighted by Crippen LogP contribution is 2.41. The molecule has 0 unspecified atom stereocenters. The summed E-state index contributed by atoms with van der Waals surface area (Å²) in [6.07, 6.45) is 2.65. The molecule has 2 heterocycles. The zero-order chi connectivity index (χ0) is 11.3. The molecule has 0 radical (unpaired) electrons. The van der Waals surface area contributed by atoms with Gasteiger partial charge in [-0.05, 0) is 13.8 Å². The van der Waals surface area contributed by atoms with Gasteiger partial charge in [0.15, 0.2) is 11.3 Å². The normalized spacial score (nSPS) is 17.4. The Morgan fingerprint density at radius 1 is 1.38 bits per heavy atom. The average Bonchev–Trinajstić information content (AvgIpc) is 2.75. The van der Waals surface area contributed by atoms with Crippen LogP contribution in [0.5, 0.6) is 5.75 Å². The van der Waals surface area contributed by atoms with E-state index >= 15 is 0 Å². The third-order valence-electron chi connectivity index (χ3n) is 3.07. The molecule has 0 saturated heterocycles. The van der Waals surface area contributed by atoms with E-state index in [0.717, 1.165) is 28.7 Å². The van der Waals surface area contributed by atoms with Gasteiger partial charge < -0.3 is 14.9 Å². The van der Waals surface area contributed by atoms with Gasteiger partial charge in [-0.3, -0.25) is 0 Å². The van der Waals surface area contributed by atoms with Crippen LogP contribution in [0.1, 0.15) is 25.0 Å². The maximum Gasteiger partial charge on any atom is 0.176 e. The molecule has 0 spiro atoms. The van der Waals surface area contributed by atoms with E-state index in [-0.39, 0.29) is 5.60 Å². The van der Waals surface area contributed by atoms with Gasteiger partial charge in [0.1, 0.15) is 5.60 Å². The third kappa shape index (κ3) is 1.25. The third-order valence-corrected chi connectivity index (χ3v) is 3.07. The average molecular weight is 217 g/mol. The summed E-state index contributed by atoms with van der Waals surface area (Å²) in [6.45, 7) is 4.67. The van der Waals surface area contributed by atoms with Crippen LogP contribution in [0, 0.1) is 0 Å². The van der Waals surface area contributed by atoms with Gasteiger partial charge in [-0.25, -0.2) is 0 Å². The Kier molecular flexibility index (Phi) is 1.83. The molecule has 2 aromatic rings. The number of rotatable bonds is 1. The van der Waals surface area contributed by atoms with Gasteiger partial charge in [-0.1, -0.05) is 12.1 Å². The van der Waals surface area contributed by atoms with Crippen molar-refractivity contribution < 1.29 is 9.15 Å². The van der Waals surface area contributed by atoms with Gasteiger partial charge in [0.05, 0.1) is 6.26 Å². The van der Waals surface area contributed by atoms with Crippen molar-refractivity contribution in [3.05, 3.63) is 29.5 Å². The largest absolute Gasteiger partial charge is 0.483 e. The molecule has 16 heavy (non-hydrogen) atoms. The first kappa shape index (κ1) is 9.73. The molecule has 0 atom stereocenters. The van der Waals surface area contributed by atoms with Gasteiger partial charge in [0.2, 0.25) is 0 Å². The molecule has 0 aliphatic carbocycles. The summed E-state index contributed by atoms with van der Waals surface area (Å²) in [5.41, 5.74) is 8.61. The fourth-order valence-corrected chi connectivity index (χ4v) is 2.35. The molecule has 3 rings (SSSR count). The van der Waals surface area contributed by atoms with Crippen molar-refractivity contribution in [3.63, 3.8) is 0 Å². The van der Waals surface area contributed by atoms with E-state index in [9.17, 15) is 0 Å². The van der Waals surface area contributed by atoms with Gasteiger partial charge in [-0.15, -0.1) is 0 Å². The van der Waals surface area contributed by atoms with Crippen LogP contribution in [0.15, 0.2) is 22.8 Å². The number of benzene rings is 1. The molecule has 0 fully saturated rings. The lowest BCUT2D eigenvalue weighted by molar-refractivity contribution is 0.139. The first-order valence-corrected chi connectivity index (χ1v) is 5.52. The van der Waals surface area contributed by atoms with Gasteiger partial charge >= 0.3 is 0 Å². The Hall–Kier alpha value is -1.48. The van der Waals surface area contributed by atoms with Crippen LogP contribution < -0.4 is 10.5 Å². The topological polar surface area (TPSA) is 48.4 Å². The fourth-order valence-electron chi connectivity index (χ4n) is 2.35. The molecular weight excluding hydrogens is 202 g/mol. The summed E-state index contributed by atoms with van der Waals surface area (Å²) in [7, 11) is 0. The highest BCUT2D eigenvalue weighted by molar-refractivity contribution is 5.88. The summed E-state index contributed by atoms with van der Waals surface area (Å²) in [4.78, 5) is 0. The van der Waals surface area contributed by atoms with Crippen LogP contribution in [-0.2, 0) is 13.0 Å². The minimum atomic E-state index is -0.133. The van der Waals surface area contributed by atoms with Crippen LogP contribution in [-0.4, -0.2) is 5.60 Å².